The summed E-state index contributed by atoms with van der Waals surface area (Å²) in [4.78, 5) is 54.9. The maximum atomic E-state index is 13.1. The van der Waals surface area contributed by atoms with Crippen molar-refractivity contribution in [1.82, 2.24) is 4.90 Å². The SMILES string of the molecule is CC(=O)Oc1c(C(=O)N=C2C(=O)N(C)C(=O)[N+](c3ccccc3)=C2N)cccc1C(C)C. The van der Waals surface area contributed by atoms with Crippen LogP contribution in [0, 0.1) is 0 Å². The molecule has 9 heteroatoms. The van der Waals surface area contributed by atoms with Crippen molar-refractivity contribution in [3.05, 3.63) is 59.7 Å². The van der Waals surface area contributed by atoms with Gasteiger partial charge in [-0.2, -0.15) is 14.5 Å². The summed E-state index contributed by atoms with van der Waals surface area (Å²) in [6, 6.07) is 12.6. The van der Waals surface area contributed by atoms with Crippen LogP contribution in [0.25, 0.3) is 0 Å². The zero-order chi connectivity index (χ0) is 23.6. The Morgan fingerprint density at radius 2 is 1.72 bits per heavy atom. The van der Waals surface area contributed by atoms with Gasteiger partial charge in [0.2, 0.25) is 5.71 Å². The number of hydrogen-bond donors (Lipinski definition) is 1. The summed E-state index contributed by atoms with van der Waals surface area (Å²) in [6.45, 7) is 5.00. The van der Waals surface area contributed by atoms with Gasteiger partial charge in [-0.15, -0.1) is 0 Å². The number of hydrogen-bond acceptors (Lipinski definition) is 6. The average Bonchev–Trinajstić information content (AvgIpc) is 2.75. The van der Waals surface area contributed by atoms with E-state index in [1.54, 1.807) is 42.5 Å². The number of urea groups is 1. The zero-order valence-electron chi connectivity index (χ0n) is 18.2. The smallest absolute Gasteiger partial charge is 0.426 e. The molecular weight excluding hydrogens is 412 g/mol. The van der Waals surface area contributed by atoms with Gasteiger partial charge in [-0.25, -0.2) is 9.59 Å². The fourth-order valence-corrected chi connectivity index (χ4v) is 3.24. The van der Waals surface area contributed by atoms with Crippen molar-refractivity contribution in [2.45, 2.75) is 26.7 Å². The van der Waals surface area contributed by atoms with Crippen molar-refractivity contribution >= 4 is 41.0 Å². The summed E-state index contributed by atoms with van der Waals surface area (Å²) in [7, 11) is 1.27. The lowest BCUT2D eigenvalue weighted by molar-refractivity contribution is -0.342. The third-order valence-electron chi connectivity index (χ3n) is 4.84. The van der Waals surface area contributed by atoms with Gasteiger partial charge >= 0.3 is 17.9 Å². The largest absolute Gasteiger partial charge is 0.451 e. The topological polar surface area (TPSA) is 122 Å². The molecule has 164 valence electrons. The van der Waals surface area contributed by atoms with E-state index in [-0.39, 0.29) is 28.8 Å². The molecule has 0 unspecified atom stereocenters. The molecule has 2 aromatic carbocycles. The highest BCUT2D eigenvalue weighted by molar-refractivity contribution is 6.68. The van der Waals surface area contributed by atoms with Crippen LogP contribution >= 0.6 is 0 Å². The number of amides is 4. The van der Waals surface area contributed by atoms with Crippen LogP contribution in [-0.2, 0) is 9.59 Å². The molecule has 1 heterocycles. The number of carbonyl (C=O) groups is 4. The van der Waals surface area contributed by atoms with E-state index in [1.807, 2.05) is 13.8 Å². The lowest BCUT2D eigenvalue weighted by atomic mass is 9.98. The third kappa shape index (κ3) is 4.18. The average molecular weight is 435 g/mol. The van der Waals surface area contributed by atoms with Crippen molar-refractivity contribution in [2.24, 2.45) is 10.7 Å². The van der Waals surface area contributed by atoms with E-state index in [4.69, 9.17) is 10.5 Å². The summed E-state index contributed by atoms with van der Waals surface area (Å²) >= 11 is 0. The molecule has 9 nitrogen and oxygen atoms in total. The summed E-state index contributed by atoms with van der Waals surface area (Å²) in [5.74, 6) is -2.48. The Bertz CT molecular complexity index is 1180. The fourth-order valence-electron chi connectivity index (χ4n) is 3.24. The summed E-state index contributed by atoms with van der Waals surface area (Å²) in [6.07, 6.45) is 0. The number of amidine groups is 1. The molecule has 3 rings (SSSR count). The first kappa shape index (κ1) is 22.5. The molecule has 2 N–H and O–H groups in total. The fraction of sp³-hybridized carbons (Fsp3) is 0.217. The monoisotopic (exact) mass is 435 g/mol. The number of nitrogens with two attached hydrogens (primary N) is 1. The second-order valence-corrected chi connectivity index (χ2v) is 7.44. The van der Waals surface area contributed by atoms with Gasteiger partial charge in [0.05, 0.1) is 12.6 Å². The highest BCUT2D eigenvalue weighted by Crippen LogP contribution is 2.31. The Kier molecular flexibility index (Phi) is 6.29. The van der Waals surface area contributed by atoms with Crippen LogP contribution < -0.4 is 10.5 Å². The van der Waals surface area contributed by atoms with Crippen LogP contribution in [0.4, 0.5) is 10.5 Å². The first-order valence-electron chi connectivity index (χ1n) is 9.87. The van der Waals surface area contributed by atoms with Crippen molar-refractivity contribution in [3.8, 4) is 5.75 Å². The Balaban J connectivity index is 2.17. The summed E-state index contributed by atoms with van der Waals surface area (Å²) < 4.78 is 6.41. The van der Waals surface area contributed by atoms with Crippen molar-refractivity contribution < 1.29 is 28.5 Å². The molecule has 0 saturated heterocycles. The summed E-state index contributed by atoms with van der Waals surface area (Å²) in [5, 5.41) is 0. The maximum absolute atomic E-state index is 13.1. The van der Waals surface area contributed by atoms with E-state index in [0.29, 0.717) is 11.3 Å². The van der Waals surface area contributed by atoms with Gasteiger partial charge in [-0.05, 0) is 29.7 Å². The Morgan fingerprint density at radius 1 is 1.06 bits per heavy atom. The van der Waals surface area contributed by atoms with Crippen LogP contribution in [0.5, 0.6) is 5.75 Å². The third-order valence-corrected chi connectivity index (χ3v) is 4.84. The lowest BCUT2D eigenvalue weighted by Crippen LogP contribution is -2.55. The predicted octanol–water partition coefficient (Wildman–Crippen LogP) is 2.61. The van der Waals surface area contributed by atoms with Gasteiger partial charge in [0, 0.05) is 6.92 Å². The lowest BCUT2D eigenvalue weighted by Gasteiger charge is -2.20. The highest BCUT2D eigenvalue weighted by Gasteiger charge is 2.42. The number of esters is 1. The van der Waals surface area contributed by atoms with E-state index in [2.05, 4.69) is 4.99 Å². The van der Waals surface area contributed by atoms with Crippen LogP contribution in [-0.4, -0.2) is 51.9 Å². The maximum Gasteiger partial charge on any atom is 0.451 e. The van der Waals surface area contributed by atoms with Crippen molar-refractivity contribution in [1.29, 1.82) is 0 Å². The van der Waals surface area contributed by atoms with Crippen LogP contribution in [0.3, 0.4) is 0 Å². The second-order valence-electron chi connectivity index (χ2n) is 7.44. The van der Waals surface area contributed by atoms with Gasteiger partial charge in [-0.1, -0.05) is 44.2 Å². The number of rotatable bonds is 4. The Labute approximate surface area is 184 Å². The van der Waals surface area contributed by atoms with Gasteiger partial charge < -0.3 is 10.5 Å². The molecule has 2 aromatic rings. The number of ether oxygens (including phenoxy) is 1. The molecule has 1 aliphatic rings. The van der Waals surface area contributed by atoms with Crippen LogP contribution in [0.15, 0.2) is 53.5 Å². The number of aliphatic imine (C=N–C) groups is 1. The molecule has 1 aliphatic heterocycles. The van der Waals surface area contributed by atoms with Crippen LogP contribution in [0.1, 0.15) is 42.6 Å². The minimum atomic E-state index is -0.828. The van der Waals surface area contributed by atoms with Gasteiger partial charge in [0.15, 0.2) is 0 Å². The molecular formula is C23H23N4O5+. The number of para-hydroxylation sites is 2. The minimum absolute atomic E-state index is 0.00492. The molecule has 32 heavy (non-hydrogen) atoms. The normalized spacial score (nSPS) is 15.5. The molecule has 0 aromatic heterocycles. The Hall–Kier alpha value is -4.14. The highest BCUT2D eigenvalue weighted by atomic mass is 16.5. The van der Waals surface area contributed by atoms with Gasteiger partial charge in [0.1, 0.15) is 11.4 Å². The predicted molar refractivity (Wildman–Crippen MR) is 117 cm³/mol. The van der Waals surface area contributed by atoms with Gasteiger partial charge in [0.25, 0.3) is 11.7 Å². The number of imide groups is 1. The van der Waals surface area contributed by atoms with E-state index < -0.39 is 23.8 Å². The molecule has 0 spiro atoms. The van der Waals surface area contributed by atoms with Crippen LogP contribution in [0.2, 0.25) is 0 Å². The first-order chi connectivity index (χ1) is 15.1. The quantitative estimate of drug-likeness (QED) is 0.447. The van der Waals surface area contributed by atoms with E-state index in [0.717, 1.165) is 9.48 Å². The molecule has 0 fully saturated rings. The van der Waals surface area contributed by atoms with Crippen molar-refractivity contribution in [3.63, 3.8) is 0 Å². The zero-order valence-corrected chi connectivity index (χ0v) is 18.2. The standard InChI is InChI=1S/C23H22N4O5/c1-13(2)16-11-8-12-17(19(16)32-14(3)28)21(29)25-18-20(24)27(15-9-6-5-7-10-15)23(31)26(4)22(18)30/h5-13,24H,1-4H3/p+1. The molecule has 4 amide bonds. The van der Waals surface area contributed by atoms with E-state index in [1.165, 1.54) is 20.0 Å². The molecule has 0 radical (unpaired) electrons. The minimum Gasteiger partial charge on any atom is -0.426 e. The van der Waals surface area contributed by atoms with E-state index in [9.17, 15) is 19.2 Å². The molecule has 0 saturated carbocycles. The molecule has 0 atom stereocenters. The second kappa shape index (κ2) is 8.93. The molecule has 0 aliphatic carbocycles. The number of nitrogens with zero attached hydrogens (tertiary/aromatic N) is 3. The van der Waals surface area contributed by atoms with E-state index >= 15 is 0 Å². The summed E-state index contributed by atoms with van der Waals surface area (Å²) in [5.41, 5.74) is 6.80. The van der Waals surface area contributed by atoms with Crippen molar-refractivity contribution in [2.75, 3.05) is 7.05 Å². The first-order valence-corrected chi connectivity index (χ1v) is 9.87. The number of benzene rings is 2. The molecule has 0 bridgehead atoms. The number of carbonyl (C=O) groups excluding carboxylic acids is 4. The Morgan fingerprint density at radius 3 is 2.31 bits per heavy atom. The van der Waals surface area contributed by atoms with Gasteiger partial charge in [-0.3, -0.25) is 9.59 Å².